The first kappa shape index (κ1) is 13.2. The number of rotatable bonds is 3. The lowest BCUT2D eigenvalue weighted by Gasteiger charge is -1.83. The van der Waals surface area contributed by atoms with Gasteiger partial charge in [-0.1, -0.05) is 0 Å². The predicted molar refractivity (Wildman–Crippen MR) is 52.8 cm³/mol. The smallest absolute Gasteiger partial charge is 0.382 e. The third-order valence-electron chi connectivity index (χ3n) is 1.48. The largest absolute Gasteiger partial charge is 0.385 e. The van der Waals surface area contributed by atoms with Gasteiger partial charge in [0.25, 0.3) is 5.82 Å². The summed E-state index contributed by atoms with van der Waals surface area (Å²) in [5, 5.41) is 10.1. The number of nitrogens with zero attached hydrogens (tertiary/aromatic N) is 3. The molecule has 0 N–H and O–H groups in total. The van der Waals surface area contributed by atoms with Crippen molar-refractivity contribution in [3.8, 4) is 0 Å². The summed E-state index contributed by atoms with van der Waals surface area (Å²) in [6.45, 7) is 2.78. The second kappa shape index (κ2) is 6.66. The molecule has 0 saturated heterocycles. The molecule has 0 spiro atoms. The van der Waals surface area contributed by atoms with E-state index in [4.69, 9.17) is 0 Å². The first-order valence-electron chi connectivity index (χ1n) is 4.18. The summed E-state index contributed by atoms with van der Waals surface area (Å²) >= 11 is 0. The molecular weight excluding hydrogens is 202 g/mol. The minimum atomic E-state index is -0.646. The summed E-state index contributed by atoms with van der Waals surface area (Å²) in [4.78, 5) is 23.0. The molecule has 0 aliphatic carbocycles. The van der Waals surface area contributed by atoms with Crippen LogP contribution in [0.1, 0.15) is 17.5 Å². The highest BCUT2D eigenvalue weighted by Crippen LogP contribution is 2.06. The average Bonchev–Trinajstić information content (AvgIpc) is 2.60. The standard InChI is InChI=1S/C5H5N3O3.C3H8O/c1-7-2-4(8(10)11)6-5(7)3-9;1-3-4-2/h2-3H,1H3;3H2,1-2H3. The lowest BCUT2D eigenvalue weighted by Crippen LogP contribution is -1.93. The van der Waals surface area contributed by atoms with E-state index in [1.165, 1.54) is 17.8 Å². The summed E-state index contributed by atoms with van der Waals surface area (Å²) in [5.74, 6) is -0.258. The summed E-state index contributed by atoms with van der Waals surface area (Å²) in [6, 6.07) is 0. The van der Waals surface area contributed by atoms with Crippen molar-refractivity contribution in [1.82, 2.24) is 9.55 Å². The van der Waals surface area contributed by atoms with E-state index in [1.807, 2.05) is 6.92 Å². The zero-order valence-electron chi connectivity index (χ0n) is 8.84. The van der Waals surface area contributed by atoms with E-state index >= 15 is 0 Å². The second-order valence-corrected chi connectivity index (χ2v) is 2.52. The Morgan fingerprint density at radius 2 is 2.27 bits per heavy atom. The maximum Gasteiger partial charge on any atom is 0.382 e. The molecule has 0 bridgehead atoms. The maximum atomic E-state index is 10.2. The fourth-order valence-electron chi connectivity index (χ4n) is 0.662. The van der Waals surface area contributed by atoms with E-state index in [1.54, 1.807) is 7.11 Å². The number of aromatic nitrogens is 2. The molecule has 0 aromatic carbocycles. The maximum absolute atomic E-state index is 10.2. The monoisotopic (exact) mass is 215 g/mol. The number of imidazole rings is 1. The fraction of sp³-hybridized carbons (Fsp3) is 0.500. The van der Waals surface area contributed by atoms with Crippen LogP contribution in [0.4, 0.5) is 5.82 Å². The van der Waals surface area contributed by atoms with E-state index in [-0.39, 0.29) is 11.6 Å². The van der Waals surface area contributed by atoms with Crippen LogP contribution in [0.3, 0.4) is 0 Å². The van der Waals surface area contributed by atoms with E-state index in [2.05, 4.69) is 9.72 Å². The molecule has 1 aromatic rings. The zero-order valence-corrected chi connectivity index (χ0v) is 8.84. The van der Waals surface area contributed by atoms with Gasteiger partial charge in [0.2, 0.25) is 6.29 Å². The van der Waals surface area contributed by atoms with Crippen LogP contribution in [0, 0.1) is 10.1 Å². The van der Waals surface area contributed by atoms with Crippen LogP contribution >= 0.6 is 0 Å². The van der Waals surface area contributed by atoms with Gasteiger partial charge >= 0.3 is 5.82 Å². The predicted octanol–water partition coefficient (Wildman–Crippen LogP) is 0.793. The summed E-state index contributed by atoms with van der Waals surface area (Å²) in [5.41, 5.74) is 0. The van der Waals surface area contributed by atoms with Gasteiger partial charge in [0, 0.05) is 20.8 Å². The summed E-state index contributed by atoms with van der Waals surface area (Å²) < 4.78 is 5.84. The molecule has 1 aromatic heterocycles. The third kappa shape index (κ3) is 4.32. The van der Waals surface area contributed by atoms with Gasteiger partial charge in [-0.25, -0.2) is 0 Å². The van der Waals surface area contributed by atoms with Crippen molar-refractivity contribution in [2.75, 3.05) is 13.7 Å². The Morgan fingerprint density at radius 1 is 1.73 bits per heavy atom. The van der Waals surface area contributed by atoms with Gasteiger partial charge in [0.15, 0.2) is 0 Å². The normalized spacial score (nSPS) is 9.00. The fourth-order valence-corrected chi connectivity index (χ4v) is 0.662. The molecule has 0 unspecified atom stereocenters. The highest BCUT2D eigenvalue weighted by Gasteiger charge is 2.14. The van der Waals surface area contributed by atoms with Crippen molar-refractivity contribution in [1.29, 1.82) is 0 Å². The molecule has 0 fully saturated rings. The lowest BCUT2D eigenvalue weighted by molar-refractivity contribution is -0.389. The Labute approximate surface area is 86.8 Å². The van der Waals surface area contributed by atoms with E-state index in [9.17, 15) is 14.9 Å². The number of aldehydes is 1. The lowest BCUT2D eigenvalue weighted by atomic mass is 10.7. The Bertz CT molecular complexity index is 333. The molecule has 0 radical (unpaired) electrons. The average molecular weight is 215 g/mol. The minimum Gasteiger partial charge on any atom is -0.385 e. The molecule has 7 nitrogen and oxygen atoms in total. The quantitative estimate of drug-likeness (QED) is 0.422. The van der Waals surface area contributed by atoms with Crippen LogP contribution in [0.5, 0.6) is 0 Å². The Kier molecular flexibility index (Phi) is 5.88. The third-order valence-corrected chi connectivity index (χ3v) is 1.48. The van der Waals surface area contributed by atoms with Gasteiger partial charge in [0.1, 0.15) is 6.20 Å². The van der Waals surface area contributed by atoms with Crippen molar-refractivity contribution in [2.24, 2.45) is 7.05 Å². The molecule has 15 heavy (non-hydrogen) atoms. The number of hydrogen-bond acceptors (Lipinski definition) is 5. The number of carbonyl (C=O) groups excluding carboxylic acids is 1. The van der Waals surface area contributed by atoms with Gasteiger partial charge in [-0.15, -0.1) is 0 Å². The van der Waals surface area contributed by atoms with Crippen molar-refractivity contribution >= 4 is 12.1 Å². The molecule has 1 rings (SSSR count). The van der Waals surface area contributed by atoms with Crippen LogP contribution in [0.25, 0.3) is 0 Å². The Balaban J connectivity index is 0.000000423. The topological polar surface area (TPSA) is 87.3 Å². The summed E-state index contributed by atoms with van der Waals surface area (Å²) in [7, 11) is 3.20. The Morgan fingerprint density at radius 3 is 2.47 bits per heavy atom. The number of ether oxygens (including phenoxy) is 1. The molecule has 0 atom stereocenters. The minimum absolute atomic E-state index is 0.0525. The Hall–Kier alpha value is -1.76. The SMILES string of the molecule is CCOC.Cn1cc([N+](=O)[O-])nc1C=O. The molecule has 1 heterocycles. The van der Waals surface area contributed by atoms with Crippen LogP contribution in [-0.4, -0.2) is 34.5 Å². The van der Waals surface area contributed by atoms with Gasteiger partial charge < -0.3 is 19.4 Å². The van der Waals surface area contributed by atoms with Crippen molar-refractivity contribution in [3.63, 3.8) is 0 Å². The number of hydrogen-bond donors (Lipinski definition) is 0. The number of aryl methyl sites for hydroxylation is 1. The molecule has 0 aliphatic heterocycles. The van der Waals surface area contributed by atoms with Crippen molar-refractivity contribution < 1.29 is 14.5 Å². The number of nitro groups is 1. The van der Waals surface area contributed by atoms with Crippen LogP contribution in [0.15, 0.2) is 6.20 Å². The summed E-state index contributed by atoms with van der Waals surface area (Å²) in [6.07, 6.45) is 1.65. The van der Waals surface area contributed by atoms with Gasteiger partial charge in [-0.05, 0) is 16.8 Å². The highest BCUT2D eigenvalue weighted by molar-refractivity contribution is 5.69. The molecule has 84 valence electrons. The second-order valence-electron chi connectivity index (χ2n) is 2.52. The van der Waals surface area contributed by atoms with Crippen LogP contribution < -0.4 is 0 Å². The van der Waals surface area contributed by atoms with E-state index in [0.717, 1.165) is 6.61 Å². The first-order valence-corrected chi connectivity index (χ1v) is 4.18. The van der Waals surface area contributed by atoms with Crippen molar-refractivity contribution in [2.45, 2.75) is 6.92 Å². The molecule has 7 heteroatoms. The molecule has 0 saturated carbocycles. The van der Waals surface area contributed by atoms with Gasteiger partial charge in [-0.3, -0.25) is 4.79 Å². The number of methoxy groups -OCH3 is 1. The first-order chi connectivity index (χ1) is 7.06. The van der Waals surface area contributed by atoms with Crippen LogP contribution in [-0.2, 0) is 11.8 Å². The molecule has 0 amide bonds. The van der Waals surface area contributed by atoms with E-state index < -0.39 is 4.92 Å². The van der Waals surface area contributed by atoms with Gasteiger partial charge in [0.05, 0.1) is 0 Å². The highest BCUT2D eigenvalue weighted by atomic mass is 16.6. The van der Waals surface area contributed by atoms with Crippen molar-refractivity contribution in [3.05, 3.63) is 22.1 Å². The zero-order chi connectivity index (χ0) is 11.8. The van der Waals surface area contributed by atoms with Gasteiger partial charge in [-0.2, -0.15) is 0 Å². The molecule has 0 aliphatic rings. The number of carbonyl (C=O) groups is 1. The molecular formula is C8H13N3O4. The van der Waals surface area contributed by atoms with E-state index in [0.29, 0.717) is 6.29 Å². The van der Waals surface area contributed by atoms with Crippen LogP contribution in [0.2, 0.25) is 0 Å².